The summed E-state index contributed by atoms with van der Waals surface area (Å²) in [6.07, 6.45) is 4.42. The summed E-state index contributed by atoms with van der Waals surface area (Å²) in [5, 5.41) is 4.53. The Labute approximate surface area is 246 Å². The molecule has 200 valence electrons. The minimum absolute atomic E-state index is 0.115. The molecule has 1 atom stereocenters. The summed E-state index contributed by atoms with van der Waals surface area (Å²) in [7, 11) is 0. The molecule has 1 N–H and O–H groups in total. The molecule has 0 aliphatic heterocycles. The Morgan fingerprint density at radius 3 is 2.37 bits per heavy atom. The molecule has 2 amide bonds. The zero-order chi connectivity index (χ0) is 27.1. The van der Waals surface area contributed by atoms with Crippen LogP contribution >= 0.6 is 50.7 Å². The molecule has 0 aromatic heterocycles. The number of hydrogen-bond acceptors (Lipinski definition) is 3. The van der Waals surface area contributed by atoms with Gasteiger partial charge in [-0.25, -0.2) is 0 Å². The van der Waals surface area contributed by atoms with Crippen molar-refractivity contribution in [1.82, 2.24) is 10.2 Å². The van der Waals surface area contributed by atoms with Crippen LogP contribution in [0.1, 0.15) is 36.8 Å². The molecule has 9 heteroatoms. The lowest BCUT2D eigenvalue weighted by Gasteiger charge is -2.32. The molecular formula is C29H28BrCl3N2O3. The highest BCUT2D eigenvalue weighted by molar-refractivity contribution is 9.10. The van der Waals surface area contributed by atoms with Gasteiger partial charge in [0.1, 0.15) is 11.8 Å². The van der Waals surface area contributed by atoms with E-state index in [2.05, 4.69) is 21.2 Å². The number of carbonyl (C=O) groups is 2. The molecule has 3 aromatic rings. The first-order valence-electron chi connectivity index (χ1n) is 12.5. The van der Waals surface area contributed by atoms with Gasteiger partial charge in [0, 0.05) is 24.0 Å². The number of rotatable bonds is 10. The van der Waals surface area contributed by atoms with Gasteiger partial charge in [0.25, 0.3) is 5.91 Å². The number of hydrogen-bond donors (Lipinski definition) is 1. The largest absolute Gasteiger partial charge is 0.483 e. The highest BCUT2D eigenvalue weighted by Gasteiger charge is 2.32. The Bertz CT molecular complexity index is 1270. The predicted octanol–water partition coefficient (Wildman–Crippen LogP) is 7.49. The van der Waals surface area contributed by atoms with Crippen LogP contribution in [0.4, 0.5) is 0 Å². The first-order valence-corrected chi connectivity index (χ1v) is 14.4. The Kier molecular flexibility index (Phi) is 10.4. The van der Waals surface area contributed by atoms with Crippen molar-refractivity contribution >= 4 is 62.5 Å². The van der Waals surface area contributed by atoms with Crippen molar-refractivity contribution in [1.29, 1.82) is 0 Å². The Morgan fingerprint density at radius 2 is 1.68 bits per heavy atom. The third kappa shape index (κ3) is 7.89. The van der Waals surface area contributed by atoms with Crippen LogP contribution in [-0.2, 0) is 22.6 Å². The summed E-state index contributed by atoms with van der Waals surface area (Å²) in [4.78, 5) is 29.0. The Balaban J connectivity index is 1.63. The second kappa shape index (κ2) is 13.7. The fourth-order valence-electron chi connectivity index (χ4n) is 4.57. The average molecular weight is 639 g/mol. The molecule has 0 heterocycles. The molecule has 1 aliphatic carbocycles. The molecule has 1 fully saturated rings. The number of ether oxygens (including phenoxy) is 1. The third-order valence-electron chi connectivity index (χ3n) is 6.55. The zero-order valence-electron chi connectivity index (χ0n) is 20.6. The molecule has 0 bridgehead atoms. The van der Waals surface area contributed by atoms with Gasteiger partial charge in [0.2, 0.25) is 5.91 Å². The Morgan fingerprint density at radius 1 is 0.947 bits per heavy atom. The maximum absolute atomic E-state index is 13.7. The lowest BCUT2D eigenvalue weighted by molar-refractivity contribution is -0.143. The normalized spacial score (nSPS) is 14.2. The van der Waals surface area contributed by atoms with Crippen molar-refractivity contribution in [3.8, 4) is 5.75 Å². The van der Waals surface area contributed by atoms with Gasteiger partial charge in [-0.2, -0.15) is 0 Å². The SMILES string of the molecule is O=C(NC1CCCC1)C(Cc1ccccc1)N(Cc1ccc(Cl)c(Cl)c1)C(=O)COc1ccc(Cl)cc1Br. The fourth-order valence-corrected chi connectivity index (χ4v) is 5.69. The molecule has 0 radical (unpaired) electrons. The molecule has 4 rings (SSSR count). The van der Waals surface area contributed by atoms with E-state index >= 15 is 0 Å². The lowest BCUT2D eigenvalue weighted by Crippen LogP contribution is -2.53. The molecule has 1 unspecified atom stereocenters. The second-order valence-electron chi connectivity index (χ2n) is 9.33. The van der Waals surface area contributed by atoms with E-state index in [0.717, 1.165) is 36.8 Å². The Hall–Kier alpha value is -2.25. The van der Waals surface area contributed by atoms with Crippen molar-refractivity contribution in [2.24, 2.45) is 0 Å². The van der Waals surface area contributed by atoms with Crippen molar-refractivity contribution in [2.45, 2.75) is 50.7 Å². The monoisotopic (exact) mass is 636 g/mol. The molecule has 38 heavy (non-hydrogen) atoms. The number of nitrogens with one attached hydrogen (secondary N) is 1. The van der Waals surface area contributed by atoms with E-state index in [0.29, 0.717) is 31.7 Å². The van der Waals surface area contributed by atoms with E-state index in [4.69, 9.17) is 39.5 Å². The summed E-state index contributed by atoms with van der Waals surface area (Å²) in [5.74, 6) is -0.0329. The van der Waals surface area contributed by atoms with Gasteiger partial charge in [-0.1, -0.05) is 84.0 Å². The van der Waals surface area contributed by atoms with Gasteiger partial charge >= 0.3 is 0 Å². The van der Waals surface area contributed by atoms with Crippen LogP contribution in [-0.4, -0.2) is 35.4 Å². The highest BCUT2D eigenvalue weighted by atomic mass is 79.9. The molecule has 1 saturated carbocycles. The molecule has 3 aromatic carbocycles. The summed E-state index contributed by atoms with van der Waals surface area (Å²) in [6, 6.07) is 19.3. The first kappa shape index (κ1) is 28.8. The van der Waals surface area contributed by atoms with Crippen LogP contribution < -0.4 is 10.1 Å². The van der Waals surface area contributed by atoms with Crippen LogP contribution in [0.25, 0.3) is 0 Å². The zero-order valence-corrected chi connectivity index (χ0v) is 24.5. The molecule has 0 saturated heterocycles. The van der Waals surface area contributed by atoms with Crippen molar-refractivity contribution in [3.05, 3.63) is 97.4 Å². The van der Waals surface area contributed by atoms with Crippen molar-refractivity contribution < 1.29 is 14.3 Å². The smallest absolute Gasteiger partial charge is 0.261 e. The lowest BCUT2D eigenvalue weighted by atomic mass is 10.0. The van der Waals surface area contributed by atoms with Crippen LogP contribution in [0.3, 0.4) is 0 Å². The second-order valence-corrected chi connectivity index (χ2v) is 11.4. The summed E-state index contributed by atoms with van der Waals surface area (Å²) < 4.78 is 6.49. The van der Waals surface area contributed by atoms with Crippen molar-refractivity contribution in [2.75, 3.05) is 6.61 Å². The summed E-state index contributed by atoms with van der Waals surface area (Å²) >= 11 is 21.9. The number of nitrogens with zero attached hydrogens (tertiary/aromatic N) is 1. The fraction of sp³-hybridized carbons (Fsp3) is 0.310. The maximum Gasteiger partial charge on any atom is 0.261 e. The van der Waals surface area contributed by atoms with Gasteiger partial charge in [-0.15, -0.1) is 0 Å². The maximum atomic E-state index is 13.7. The molecule has 5 nitrogen and oxygen atoms in total. The van der Waals surface area contributed by atoms with Crippen molar-refractivity contribution in [3.63, 3.8) is 0 Å². The van der Waals surface area contributed by atoms with E-state index in [1.54, 1.807) is 41.3 Å². The van der Waals surface area contributed by atoms with Crippen LogP contribution in [0.5, 0.6) is 5.75 Å². The number of halogens is 4. The number of benzene rings is 3. The molecular weight excluding hydrogens is 611 g/mol. The standard InChI is InChI=1S/C29H28BrCl3N2O3/c30-23-16-21(31)11-13-27(23)38-18-28(36)35(17-20-10-12-24(32)25(33)14-20)26(15-19-6-2-1-3-7-19)29(37)34-22-8-4-5-9-22/h1-3,6-7,10-14,16,22,26H,4-5,8-9,15,17-18H2,(H,34,37). The minimum Gasteiger partial charge on any atom is -0.483 e. The average Bonchev–Trinajstić information content (AvgIpc) is 3.41. The van der Waals surface area contributed by atoms with Gasteiger partial charge in [-0.3, -0.25) is 9.59 Å². The molecule has 1 aliphatic rings. The van der Waals surface area contributed by atoms with Gasteiger partial charge in [0.05, 0.1) is 14.5 Å². The van der Waals surface area contributed by atoms with Gasteiger partial charge < -0.3 is 15.0 Å². The van der Waals surface area contributed by atoms with Gasteiger partial charge in [-0.05, 0) is 70.2 Å². The van der Waals surface area contributed by atoms with Crippen LogP contribution in [0.15, 0.2) is 71.2 Å². The third-order valence-corrected chi connectivity index (χ3v) is 8.15. The van der Waals surface area contributed by atoms with Crippen LogP contribution in [0.2, 0.25) is 15.1 Å². The number of amides is 2. The van der Waals surface area contributed by atoms with E-state index in [1.165, 1.54) is 0 Å². The summed E-state index contributed by atoms with van der Waals surface area (Å²) in [5.41, 5.74) is 1.71. The van der Waals surface area contributed by atoms with E-state index in [1.807, 2.05) is 30.3 Å². The van der Waals surface area contributed by atoms with Gasteiger partial charge in [0.15, 0.2) is 6.61 Å². The predicted molar refractivity (Wildman–Crippen MR) is 156 cm³/mol. The highest BCUT2D eigenvalue weighted by Crippen LogP contribution is 2.29. The quantitative estimate of drug-likeness (QED) is 0.251. The first-order chi connectivity index (χ1) is 18.3. The van der Waals surface area contributed by atoms with Crippen LogP contribution in [0, 0.1) is 0 Å². The van der Waals surface area contributed by atoms with E-state index in [9.17, 15) is 9.59 Å². The molecule has 0 spiro atoms. The number of carbonyl (C=O) groups excluding carboxylic acids is 2. The topological polar surface area (TPSA) is 58.6 Å². The van der Waals surface area contributed by atoms with E-state index < -0.39 is 6.04 Å². The summed E-state index contributed by atoms with van der Waals surface area (Å²) in [6.45, 7) is -0.0972. The van der Waals surface area contributed by atoms with E-state index in [-0.39, 0.29) is 31.0 Å². The minimum atomic E-state index is -0.753.